The fraction of sp³-hybridized carbons (Fsp3) is 0.200. The second-order valence-corrected chi connectivity index (χ2v) is 4.71. The molecule has 1 aliphatic rings. The van der Waals surface area contributed by atoms with E-state index in [1.165, 1.54) is 6.20 Å². The number of nitrogens with zero attached hydrogens (tertiary/aromatic N) is 1. The minimum absolute atomic E-state index is 0.185. The van der Waals surface area contributed by atoms with Crippen LogP contribution in [0.1, 0.15) is 22.3 Å². The van der Waals surface area contributed by atoms with Crippen molar-refractivity contribution in [2.45, 2.75) is 12.8 Å². The van der Waals surface area contributed by atoms with Gasteiger partial charge in [-0.2, -0.15) is 0 Å². The molecule has 0 unspecified atom stereocenters. The Hall–Kier alpha value is -2.56. The lowest BCUT2D eigenvalue weighted by atomic mass is 10.0. The van der Waals surface area contributed by atoms with E-state index in [9.17, 15) is 4.79 Å². The van der Waals surface area contributed by atoms with Crippen LogP contribution in [0.5, 0.6) is 5.75 Å². The van der Waals surface area contributed by atoms with Crippen LogP contribution in [0.25, 0.3) is 0 Å². The van der Waals surface area contributed by atoms with Crippen LogP contribution < -0.4 is 15.8 Å². The molecule has 1 aliphatic heterocycles. The van der Waals surface area contributed by atoms with Crippen molar-refractivity contribution in [2.75, 3.05) is 17.7 Å². The number of carbonyl (C=O) groups excluding carboxylic acids is 1. The molecule has 0 saturated heterocycles. The molecule has 0 atom stereocenters. The highest BCUT2D eigenvalue weighted by Crippen LogP contribution is 2.25. The van der Waals surface area contributed by atoms with Gasteiger partial charge in [0.15, 0.2) is 0 Å². The Morgan fingerprint density at radius 1 is 1.30 bits per heavy atom. The molecule has 3 N–H and O–H groups in total. The molecule has 0 spiro atoms. The number of anilines is 2. The minimum atomic E-state index is -0.185. The van der Waals surface area contributed by atoms with Gasteiger partial charge in [-0.15, -0.1) is 0 Å². The molecule has 0 saturated carbocycles. The van der Waals surface area contributed by atoms with Crippen LogP contribution in [0.3, 0.4) is 0 Å². The summed E-state index contributed by atoms with van der Waals surface area (Å²) in [4.78, 5) is 16.2. The number of aromatic nitrogens is 1. The van der Waals surface area contributed by atoms with E-state index in [2.05, 4.69) is 10.3 Å². The molecule has 0 fully saturated rings. The van der Waals surface area contributed by atoms with Gasteiger partial charge >= 0.3 is 0 Å². The van der Waals surface area contributed by atoms with Crippen LogP contribution in [-0.4, -0.2) is 17.5 Å². The van der Waals surface area contributed by atoms with Crippen molar-refractivity contribution in [3.8, 4) is 5.75 Å². The standard InChI is InChI=1S/C15H15N3O2/c16-12-4-6-14(17-9-12)18-15(19)11-3-5-13-10(8-11)2-1-7-20-13/h3-6,8-9H,1-2,7,16H2,(H,17,18,19). The first-order valence-electron chi connectivity index (χ1n) is 6.51. The third-order valence-corrected chi connectivity index (χ3v) is 3.20. The van der Waals surface area contributed by atoms with Gasteiger partial charge in [0.1, 0.15) is 11.6 Å². The van der Waals surface area contributed by atoms with Crippen LogP contribution in [0.4, 0.5) is 11.5 Å². The summed E-state index contributed by atoms with van der Waals surface area (Å²) in [7, 11) is 0. The van der Waals surface area contributed by atoms with E-state index >= 15 is 0 Å². The fourth-order valence-corrected chi connectivity index (χ4v) is 2.17. The molecule has 1 aromatic carbocycles. The summed E-state index contributed by atoms with van der Waals surface area (Å²) < 4.78 is 5.53. The summed E-state index contributed by atoms with van der Waals surface area (Å²) in [6, 6.07) is 8.86. The van der Waals surface area contributed by atoms with Crippen molar-refractivity contribution in [1.29, 1.82) is 0 Å². The molecule has 0 radical (unpaired) electrons. The summed E-state index contributed by atoms with van der Waals surface area (Å²) in [5.74, 6) is 1.17. The summed E-state index contributed by atoms with van der Waals surface area (Å²) in [5, 5.41) is 2.75. The molecule has 1 amide bonds. The SMILES string of the molecule is Nc1ccc(NC(=O)c2ccc3c(c2)CCCO3)nc1. The summed E-state index contributed by atoms with van der Waals surface area (Å²) in [6.07, 6.45) is 3.43. The Morgan fingerprint density at radius 2 is 2.20 bits per heavy atom. The number of amides is 1. The van der Waals surface area contributed by atoms with Crippen LogP contribution in [0.15, 0.2) is 36.5 Å². The zero-order chi connectivity index (χ0) is 13.9. The molecule has 5 heteroatoms. The van der Waals surface area contributed by atoms with E-state index in [0.29, 0.717) is 17.1 Å². The number of fused-ring (bicyclic) bond motifs is 1. The van der Waals surface area contributed by atoms with Gasteiger partial charge < -0.3 is 15.8 Å². The van der Waals surface area contributed by atoms with Crippen LogP contribution >= 0.6 is 0 Å². The smallest absolute Gasteiger partial charge is 0.256 e. The molecule has 1 aromatic heterocycles. The van der Waals surface area contributed by atoms with Gasteiger partial charge in [0, 0.05) is 5.56 Å². The summed E-state index contributed by atoms with van der Waals surface area (Å²) in [5.41, 5.74) is 7.80. The Morgan fingerprint density at radius 3 is 3.00 bits per heavy atom. The average molecular weight is 269 g/mol. The zero-order valence-corrected chi connectivity index (χ0v) is 10.9. The Labute approximate surface area is 116 Å². The van der Waals surface area contributed by atoms with Gasteiger partial charge in [0.2, 0.25) is 0 Å². The number of hydrogen-bond acceptors (Lipinski definition) is 4. The normalized spacial score (nSPS) is 13.2. The van der Waals surface area contributed by atoms with Crippen molar-refractivity contribution < 1.29 is 9.53 Å². The lowest BCUT2D eigenvalue weighted by Crippen LogP contribution is -2.15. The molecular weight excluding hydrogens is 254 g/mol. The molecule has 2 aromatic rings. The summed E-state index contributed by atoms with van der Waals surface area (Å²) in [6.45, 7) is 0.744. The highest BCUT2D eigenvalue weighted by atomic mass is 16.5. The first-order chi connectivity index (χ1) is 9.72. The maximum atomic E-state index is 12.2. The quantitative estimate of drug-likeness (QED) is 0.876. The number of nitrogens with one attached hydrogen (secondary N) is 1. The van der Waals surface area contributed by atoms with E-state index in [-0.39, 0.29) is 5.91 Å². The topological polar surface area (TPSA) is 77.2 Å². The number of hydrogen-bond donors (Lipinski definition) is 2. The maximum absolute atomic E-state index is 12.2. The molecule has 2 heterocycles. The molecule has 0 bridgehead atoms. The molecule has 20 heavy (non-hydrogen) atoms. The molecule has 0 aliphatic carbocycles. The fourth-order valence-electron chi connectivity index (χ4n) is 2.17. The van der Waals surface area contributed by atoms with E-state index in [1.54, 1.807) is 18.2 Å². The monoisotopic (exact) mass is 269 g/mol. The van der Waals surface area contributed by atoms with Gasteiger partial charge in [0.25, 0.3) is 5.91 Å². The van der Waals surface area contributed by atoms with E-state index in [1.807, 2.05) is 12.1 Å². The lowest BCUT2D eigenvalue weighted by molar-refractivity contribution is 0.102. The Balaban J connectivity index is 1.78. The van der Waals surface area contributed by atoms with Gasteiger partial charge in [0.05, 0.1) is 18.5 Å². The second-order valence-electron chi connectivity index (χ2n) is 4.71. The van der Waals surface area contributed by atoms with Crippen molar-refractivity contribution in [3.05, 3.63) is 47.7 Å². The molecule has 3 rings (SSSR count). The van der Waals surface area contributed by atoms with Crippen molar-refractivity contribution in [3.63, 3.8) is 0 Å². The van der Waals surface area contributed by atoms with Gasteiger partial charge in [-0.25, -0.2) is 4.98 Å². The number of pyridine rings is 1. The summed E-state index contributed by atoms with van der Waals surface area (Å²) >= 11 is 0. The molecule has 5 nitrogen and oxygen atoms in total. The van der Waals surface area contributed by atoms with E-state index < -0.39 is 0 Å². The Kier molecular flexibility index (Phi) is 3.25. The largest absolute Gasteiger partial charge is 0.493 e. The third-order valence-electron chi connectivity index (χ3n) is 3.20. The van der Waals surface area contributed by atoms with Crippen LogP contribution in [-0.2, 0) is 6.42 Å². The van der Waals surface area contributed by atoms with Gasteiger partial charge in [-0.05, 0) is 48.7 Å². The van der Waals surface area contributed by atoms with Crippen molar-refractivity contribution in [2.24, 2.45) is 0 Å². The first-order valence-corrected chi connectivity index (χ1v) is 6.51. The highest BCUT2D eigenvalue weighted by molar-refractivity contribution is 6.04. The third kappa shape index (κ3) is 2.56. The molecular formula is C15H15N3O2. The van der Waals surface area contributed by atoms with Gasteiger partial charge in [-0.1, -0.05) is 0 Å². The maximum Gasteiger partial charge on any atom is 0.256 e. The number of nitrogen functional groups attached to an aromatic ring is 1. The second kappa shape index (κ2) is 5.21. The number of aryl methyl sites for hydroxylation is 1. The van der Waals surface area contributed by atoms with Gasteiger partial charge in [-0.3, -0.25) is 4.79 Å². The number of benzene rings is 1. The zero-order valence-electron chi connectivity index (χ0n) is 10.9. The number of rotatable bonds is 2. The minimum Gasteiger partial charge on any atom is -0.493 e. The predicted molar refractivity (Wildman–Crippen MR) is 76.9 cm³/mol. The highest BCUT2D eigenvalue weighted by Gasteiger charge is 2.14. The van der Waals surface area contributed by atoms with Crippen molar-refractivity contribution >= 4 is 17.4 Å². The number of carbonyl (C=O) groups is 1. The predicted octanol–water partition coefficient (Wildman–Crippen LogP) is 2.24. The van der Waals surface area contributed by atoms with E-state index in [4.69, 9.17) is 10.5 Å². The Bertz CT molecular complexity index is 638. The number of nitrogens with two attached hydrogens (primary N) is 1. The first kappa shape index (κ1) is 12.5. The van der Waals surface area contributed by atoms with E-state index in [0.717, 1.165) is 30.8 Å². The average Bonchev–Trinajstić information content (AvgIpc) is 2.49. The number of ether oxygens (including phenoxy) is 1. The van der Waals surface area contributed by atoms with Crippen molar-refractivity contribution in [1.82, 2.24) is 4.98 Å². The van der Waals surface area contributed by atoms with Crippen LogP contribution in [0.2, 0.25) is 0 Å². The molecule has 102 valence electrons. The lowest BCUT2D eigenvalue weighted by Gasteiger charge is -2.17. The van der Waals surface area contributed by atoms with Crippen LogP contribution in [0, 0.1) is 0 Å².